The van der Waals surface area contributed by atoms with Gasteiger partial charge in [0.2, 0.25) is 23.6 Å². The summed E-state index contributed by atoms with van der Waals surface area (Å²) in [5, 5.41) is 55.1. The van der Waals surface area contributed by atoms with E-state index in [0.29, 0.717) is 58.6 Å². The molecule has 5 aromatic heterocycles. The summed E-state index contributed by atoms with van der Waals surface area (Å²) < 4.78 is 0. The minimum atomic E-state index is -1.41. The van der Waals surface area contributed by atoms with E-state index in [9.17, 15) is 39.0 Å². The lowest BCUT2D eigenvalue weighted by Crippen LogP contribution is -2.58. The molecule has 7 aromatic rings. The van der Waals surface area contributed by atoms with Gasteiger partial charge in [0.1, 0.15) is 24.2 Å². The SMILES string of the molecule is C=Cc1c(C)c2cc3nc(c(C)c4nc(cc5[nH]c(cc1[nH]2)c(C)c5CC)C(C)=C4C(=O)O)[C@@H](CCC(=O)N[C@@H](CCCNC(=N)N)C(=O)N[C@@H](CCCCNC(=N)N)C(=O)N[C@@H](Cc1c[nH]c2ccccc12)C(=O)N[C@@H](Cc1c[nH]c2ccccc12)C(=O)O)[C@@H]3C. The molecule has 0 spiro atoms. The van der Waals surface area contributed by atoms with E-state index in [-0.39, 0.29) is 87.1 Å². The fourth-order valence-electron chi connectivity index (χ4n) is 12.6. The molecular weight excluding hydrogens is 1170 g/mol. The molecule has 24 nitrogen and oxygen atoms in total. The minimum absolute atomic E-state index is 0.0283. The van der Waals surface area contributed by atoms with Crippen molar-refractivity contribution in [2.75, 3.05) is 13.1 Å². The van der Waals surface area contributed by atoms with Crippen molar-refractivity contribution in [2.45, 2.75) is 142 Å². The maximum atomic E-state index is 14.9. The van der Waals surface area contributed by atoms with Crippen molar-refractivity contribution in [1.29, 1.82) is 10.8 Å². The molecule has 482 valence electrons. The molecule has 92 heavy (non-hydrogen) atoms. The zero-order valence-corrected chi connectivity index (χ0v) is 52.6. The van der Waals surface area contributed by atoms with E-state index < -0.39 is 65.7 Å². The summed E-state index contributed by atoms with van der Waals surface area (Å²) in [6, 6.07) is 15.4. The maximum Gasteiger partial charge on any atom is 0.338 e. The first-order valence-corrected chi connectivity index (χ1v) is 31.0. The Kier molecular flexibility index (Phi) is 20.8. The fourth-order valence-corrected chi connectivity index (χ4v) is 12.6. The Labute approximate surface area is 531 Å². The lowest BCUT2D eigenvalue weighted by atomic mass is 9.85. The first-order chi connectivity index (χ1) is 44.0. The molecule has 2 aromatic carbocycles. The number of H-pyrrole nitrogens is 4. The molecule has 18 N–H and O–H groups in total. The highest BCUT2D eigenvalue weighted by molar-refractivity contribution is 6.24. The van der Waals surface area contributed by atoms with E-state index in [1.165, 1.54) is 0 Å². The number of aromatic nitrogens is 6. The molecule has 7 heterocycles. The first-order valence-electron chi connectivity index (χ1n) is 31.0. The molecule has 0 radical (unpaired) electrons. The van der Waals surface area contributed by atoms with E-state index in [0.717, 1.165) is 66.1 Å². The first kappa shape index (κ1) is 65.9. The van der Waals surface area contributed by atoms with Crippen LogP contribution in [0.4, 0.5) is 0 Å². The summed E-state index contributed by atoms with van der Waals surface area (Å²) in [6.07, 6.45) is 6.89. The van der Waals surface area contributed by atoms with Crippen LogP contribution in [0.2, 0.25) is 0 Å². The number of hydrogen-bond donors (Lipinski definition) is 16. The Hall–Kier alpha value is -10.5. The summed E-state index contributed by atoms with van der Waals surface area (Å²) >= 11 is 0. The number of carboxylic acid groups (broad SMARTS) is 2. The van der Waals surface area contributed by atoms with Gasteiger partial charge in [-0.05, 0) is 142 Å². The largest absolute Gasteiger partial charge is 0.480 e. The molecule has 0 unspecified atom stereocenters. The van der Waals surface area contributed by atoms with E-state index in [1.807, 2.05) is 86.7 Å². The number of nitrogens with zero attached hydrogens (tertiary/aromatic N) is 2. The number of carboxylic acids is 2. The van der Waals surface area contributed by atoms with Crippen molar-refractivity contribution < 1.29 is 39.0 Å². The number of hydrogen-bond acceptors (Lipinski definition) is 10. The van der Waals surface area contributed by atoms with Crippen molar-refractivity contribution in [2.24, 2.45) is 11.5 Å². The molecule has 0 saturated carbocycles. The average Bonchev–Trinajstić information content (AvgIpc) is 1.61. The third-order valence-corrected chi connectivity index (χ3v) is 17.7. The molecule has 2 aliphatic heterocycles. The smallest absolute Gasteiger partial charge is 0.338 e. The second kappa shape index (κ2) is 29.0. The van der Waals surface area contributed by atoms with Crippen molar-refractivity contribution in [1.82, 2.24) is 61.8 Å². The number of carbonyl (C=O) groups excluding carboxylic acids is 4. The predicted octanol–water partition coefficient (Wildman–Crippen LogP) is 7.52. The third-order valence-electron chi connectivity index (χ3n) is 17.7. The number of para-hydroxylation sites is 2. The van der Waals surface area contributed by atoms with Crippen LogP contribution in [-0.2, 0) is 48.0 Å². The Morgan fingerprint density at radius 3 is 1.83 bits per heavy atom. The molecule has 4 amide bonds. The molecule has 24 heteroatoms. The summed E-state index contributed by atoms with van der Waals surface area (Å²) in [5.74, 6) is -6.52. The summed E-state index contributed by atoms with van der Waals surface area (Å²) in [7, 11) is 0. The van der Waals surface area contributed by atoms with Crippen LogP contribution >= 0.6 is 0 Å². The average molecular weight is 1250 g/mol. The highest BCUT2D eigenvalue weighted by Gasteiger charge is 2.36. The number of carbonyl (C=O) groups is 6. The number of allylic oxidation sites excluding steroid dienone is 1. The summed E-state index contributed by atoms with van der Waals surface area (Å²) in [6.45, 7) is 16.3. The quantitative estimate of drug-likeness (QED) is 0.0135. The topological polar surface area (TPSA) is 404 Å². The number of nitrogens with two attached hydrogens (primary N) is 2. The number of rotatable bonds is 27. The zero-order valence-electron chi connectivity index (χ0n) is 52.6. The molecule has 6 atom stereocenters. The molecule has 9 rings (SSSR count). The van der Waals surface area contributed by atoms with Gasteiger partial charge in [-0.1, -0.05) is 62.9 Å². The number of benzene rings is 2. The molecular formula is C68H82N16O8. The van der Waals surface area contributed by atoms with Crippen LogP contribution in [0.5, 0.6) is 0 Å². The van der Waals surface area contributed by atoms with E-state index in [4.69, 9.17) is 32.3 Å². The van der Waals surface area contributed by atoms with Crippen molar-refractivity contribution in [3.8, 4) is 0 Å². The van der Waals surface area contributed by atoms with Crippen LogP contribution < -0.4 is 43.4 Å². The van der Waals surface area contributed by atoms with Crippen molar-refractivity contribution in [3.63, 3.8) is 0 Å². The van der Waals surface area contributed by atoms with Crippen LogP contribution in [-0.4, -0.2) is 125 Å². The van der Waals surface area contributed by atoms with Crippen LogP contribution in [0.15, 0.2) is 85.7 Å². The highest BCUT2D eigenvalue weighted by atomic mass is 16.4. The fraction of sp³-hybridized carbons (Fsp3) is 0.353. The number of nitrogens with one attached hydrogen (secondary N) is 12. The van der Waals surface area contributed by atoms with Gasteiger partial charge in [-0.25, -0.2) is 14.6 Å². The second-order valence-corrected chi connectivity index (χ2v) is 23.8. The summed E-state index contributed by atoms with van der Waals surface area (Å²) in [4.78, 5) is 109. The molecule has 2 aliphatic rings. The molecule has 0 saturated heterocycles. The van der Waals surface area contributed by atoms with Crippen molar-refractivity contribution >= 4 is 109 Å². The van der Waals surface area contributed by atoms with Gasteiger partial charge in [-0.3, -0.25) is 35.0 Å². The van der Waals surface area contributed by atoms with Gasteiger partial charge in [0.25, 0.3) is 0 Å². The predicted molar refractivity (Wildman–Crippen MR) is 357 cm³/mol. The Morgan fingerprint density at radius 1 is 0.663 bits per heavy atom. The lowest BCUT2D eigenvalue weighted by Gasteiger charge is -2.26. The van der Waals surface area contributed by atoms with E-state index in [2.05, 4.69) is 72.3 Å². The Morgan fingerprint density at radius 2 is 1.22 bits per heavy atom. The number of amides is 4. The maximum absolute atomic E-state index is 14.9. The van der Waals surface area contributed by atoms with Gasteiger partial charge in [-0.2, -0.15) is 0 Å². The zero-order chi connectivity index (χ0) is 66.1. The van der Waals surface area contributed by atoms with Gasteiger partial charge >= 0.3 is 11.9 Å². The monoisotopic (exact) mass is 1250 g/mol. The van der Waals surface area contributed by atoms with Gasteiger partial charge in [-0.15, -0.1) is 0 Å². The van der Waals surface area contributed by atoms with Gasteiger partial charge in [0.15, 0.2) is 11.9 Å². The summed E-state index contributed by atoms with van der Waals surface area (Å²) in [5.41, 5.74) is 24.4. The van der Waals surface area contributed by atoms with Gasteiger partial charge in [0.05, 0.1) is 17.0 Å². The van der Waals surface area contributed by atoms with Gasteiger partial charge in [0, 0.05) is 117 Å². The van der Waals surface area contributed by atoms with Crippen LogP contribution in [0.1, 0.15) is 139 Å². The van der Waals surface area contributed by atoms with Crippen LogP contribution in [0, 0.1) is 31.6 Å². The molecule has 0 fully saturated rings. The van der Waals surface area contributed by atoms with Gasteiger partial charge < -0.3 is 73.5 Å². The number of fused-ring (bicyclic) bond motifs is 10. The number of guanidine groups is 2. The minimum Gasteiger partial charge on any atom is -0.480 e. The van der Waals surface area contributed by atoms with Crippen molar-refractivity contribution in [3.05, 3.63) is 147 Å². The standard InChI is InChI=1S/C68H82N16O8/c1-8-41-34(3)50-29-52-36(5)43(60(80-52)38(7)61-59(66(91)92)37(6)53(81-61)31-55-42(9-2)35(4)51(78-55)30-54(41)77-50)23-24-58(85)79-48(22-16-26-74-68(71)72)62(86)82-49(21-14-15-25-73-67(69)70)63(87)83-56(27-39-32-75-46-19-12-10-17-44(39)46)64(88)84-57(65(89)90)28-40-33-76-47-20-13-11-18-45(40)47/h8,10-13,17-20,29-33,36,43,48-49,56-57,75-78H,1,9,14-16,21-28H2,2-7H3,(H,79,85)(H,82,86)(H,83,87)(H,84,88)(H,89,90)(H,91,92)(H4,69,70,73)(H4,71,72,74)/t36-,43-,48-,49-,56-,57-/m0/s1. The molecule has 8 bridgehead atoms. The third kappa shape index (κ3) is 14.9. The normalized spacial score (nSPS) is 15.1. The number of aryl methyl sites for hydroxylation is 3. The number of unbranched alkanes of at least 4 members (excludes halogenated alkanes) is 1. The highest BCUT2D eigenvalue weighted by Crippen LogP contribution is 2.43. The number of aliphatic carboxylic acids is 2. The van der Waals surface area contributed by atoms with Crippen LogP contribution in [0.25, 0.3) is 61.1 Å². The number of aromatic amines is 4. The van der Waals surface area contributed by atoms with E-state index in [1.54, 1.807) is 26.2 Å². The van der Waals surface area contributed by atoms with E-state index >= 15 is 0 Å². The Balaban J connectivity index is 1.01. The second-order valence-electron chi connectivity index (χ2n) is 23.8. The molecule has 0 aliphatic carbocycles. The van der Waals surface area contributed by atoms with Crippen LogP contribution in [0.3, 0.4) is 0 Å². The lowest BCUT2D eigenvalue weighted by molar-refractivity contribution is -0.142. The Bertz CT molecular complexity index is 4250.